The Bertz CT molecular complexity index is 653. The Labute approximate surface area is 127 Å². The van der Waals surface area contributed by atoms with Gasteiger partial charge >= 0.3 is 0 Å². The van der Waals surface area contributed by atoms with Crippen molar-refractivity contribution in [3.8, 4) is 0 Å². The van der Waals surface area contributed by atoms with Crippen molar-refractivity contribution < 1.29 is 13.6 Å². The molecular weight excluding hydrogens is 286 g/mol. The van der Waals surface area contributed by atoms with Crippen LogP contribution in [0, 0.1) is 11.6 Å². The van der Waals surface area contributed by atoms with Gasteiger partial charge in [0.1, 0.15) is 17.7 Å². The van der Waals surface area contributed by atoms with E-state index in [0.717, 1.165) is 16.8 Å². The summed E-state index contributed by atoms with van der Waals surface area (Å²) in [4.78, 5) is 5.38. The fourth-order valence-electron chi connectivity index (χ4n) is 2.33. The number of nitrogens with one attached hydrogen (secondary N) is 1. The van der Waals surface area contributed by atoms with Gasteiger partial charge in [0.25, 0.3) is 0 Å². The average molecular weight is 302 g/mol. The fourth-order valence-corrected chi connectivity index (χ4v) is 2.33. The minimum absolute atomic E-state index is 0.0412. The van der Waals surface area contributed by atoms with Gasteiger partial charge in [0.2, 0.25) is 0 Å². The van der Waals surface area contributed by atoms with Gasteiger partial charge in [-0.25, -0.2) is 8.78 Å². The zero-order valence-electron chi connectivity index (χ0n) is 11.9. The molecule has 3 rings (SSSR count). The van der Waals surface area contributed by atoms with Crippen molar-refractivity contribution in [2.45, 2.75) is 19.1 Å². The molecule has 1 atom stereocenters. The van der Waals surface area contributed by atoms with E-state index in [2.05, 4.69) is 10.5 Å². The second-order valence-corrected chi connectivity index (χ2v) is 5.23. The van der Waals surface area contributed by atoms with E-state index >= 15 is 0 Å². The molecule has 22 heavy (non-hydrogen) atoms. The Morgan fingerprint density at radius 3 is 2.32 bits per heavy atom. The first kappa shape index (κ1) is 14.7. The molecule has 0 radical (unpaired) electrons. The van der Waals surface area contributed by atoms with E-state index in [-0.39, 0.29) is 17.7 Å². The quantitative estimate of drug-likeness (QED) is 0.920. The molecule has 0 bridgehead atoms. The molecule has 0 saturated heterocycles. The van der Waals surface area contributed by atoms with E-state index in [4.69, 9.17) is 4.84 Å². The number of oxime groups is 1. The van der Waals surface area contributed by atoms with E-state index in [9.17, 15) is 8.78 Å². The van der Waals surface area contributed by atoms with Gasteiger partial charge in [0.15, 0.2) is 0 Å². The third-order valence-electron chi connectivity index (χ3n) is 3.52. The van der Waals surface area contributed by atoms with Crippen molar-refractivity contribution in [2.24, 2.45) is 5.16 Å². The summed E-state index contributed by atoms with van der Waals surface area (Å²) < 4.78 is 25.7. The third-order valence-corrected chi connectivity index (χ3v) is 3.52. The van der Waals surface area contributed by atoms with Gasteiger partial charge in [0, 0.05) is 19.5 Å². The summed E-state index contributed by atoms with van der Waals surface area (Å²) in [6.45, 7) is 1.29. The van der Waals surface area contributed by atoms with Crippen LogP contribution in [0.1, 0.15) is 17.5 Å². The predicted molar refractivity (Wildman–Crippen MR) is 80.5 cm³/mol. The lowest BCUT2D eigenvalue weighted by Crippen LogP contribution is -2.26. The lowest BCUT2D eigenvalue weighted by atomic mass is 10.1. The van der Waals surface area contributed by atoms with E-state index < -0.39 is 0 Å². The summed E-state index contributed by atoms with van der Waals surface area (Å²) in [6.07, 6.45) is 0.641. The molecule has 3 nitrogen and oxygen atoms in total. The Hall–Kier alpha value is -2.27. The van der Waals surface area contributed by atoms with Gasteiger partial charge < -0.3 is 10.2 Å². The molecule has 0 saturated carbocycles. The molecule has 1 N–H and O–H groups in total. The molecule has 1 aliphatic heterocycles. The van der Waals surface area contributed by atoms with Crippen molar-refractivity contribution in [2.75, 3.05) is 6.54 Å². The molecule has 1 heterocycles. The largest absolute Gasteiger partial charge is 0.390 e. The predicted octanol–water partition coefficient (Wildman–Crippen LogP) is 3.25. The highest BCUT2D eigenvalue weighted by atomic mass is 19.1. The number of halogens is 2. The Morgan fingerprint density at radius 2 is 1.64 bits per heavy atom. The second kappa shape index (κ2) is 6.66. The molecule has 0 aliphatic carbocycles. The van der Waals surface area contributed by atoms with Crippen LogP contribution in [-0.4, -0.2) is 18.4 Å². The molecule has 0 aromatic heterocycles. The Morgan fingerprint density at radius 1 is 1.00 bits per heavy atom. The SMILES string of the molecule is Fc1ccc(CNCC2CC(c3ccc(F)cc3)=NO2)cc1. The lowest BCUT2D eigenvalue weighted by molar-refractivity contribution is 0.0848. The lowest BCUT2D eigenvalue weighted by Gasteiger charge is -2.09. The molecule has 0 amide bonds. The van der Waals surface area contributed by atoms with Gasteiger partial charge in [0.05, 0.1) is 5.71 Å². The summed E-state index contributed by atoms with van der Waals surface area (Å²) in [7, 11) is 0. The molecular formula is C17H16F2N2O. The molecule has 1 aliphatic rings. The highest BCUT2D eigenvalue weighted by molar-refractivity contribution is 6.01. The number of rotatable bonds is 5. The normalized spacial score (nSPS) is 17.2. The minimum atomic E-state index is -0.263. The summed E-state index contributed by atoms with van der Waals surface area (Å²) in [5.74, 6) is -0.499. The highest BCUT2D eigenvalue weighted by Gasteiger charge is 2.21. The fraction of sp³-hybridized carbons (Fsp3) is 0.235. The summed E-state index contributed by atoms with van der Waals surface area (Å²) in [6, 6.07) is 12.6. The van der Waals surface area contributed by atoms with Crippen molar-refractivity contribution in [1.29, 1.82) is 0 Å². The molecule has 0 fully saturated rings. The van der Waals surface area contributed by atoms with E-state index in [1.807, 2.05) is 0 Å². The number of benzene rings is 2. The summed E-state index contributed by atoms with van der Waals surface area (Å²) in [5.41, 5.74) is 2.72. The Kier molecular flexibility index (Phi) is 4.44. The van der Waals surface area contributed by atoms with E-state index in [0.29, 0.717) is 19.5 Å². The number of nitrogens with zero attached hydrogens (tertiary/aromatic N) is 1. The maximum atomic E-state index is 12.9. The maximum Gasteiger partial charge on any atom is 0.145 e. The van der Waals surface area contributed by atoms with Gasteiger partial charge in [-0.15, -0.1) is 0 Å². The van der Waals surface area contributed by atoms with Crippen LogP contribution in [0.5, 0.6) is 0 Å². The zero-order chi connectivity index (χ0) is 15.4. The monoisotopic (exact) mass is 302 g/mol. The zero-order valence-corrected chi connectivity index (χ0v) is 11.9. The van der Waals surface area contributed by atoms with Gasteiger partial charge in [-0.05, 0) is 35.4 Å². The molecule has 2 aromatic rings. The summed E-state index contributed by atoms with van der Waals surface area (Å²) >= 11 is 0. The minimum Gasteiger partial charge on any atom is -0.390 e. The molecule has 1 unspecified atom stereocenters. The van der Waals surface area contributed by atoms with Crippen LogP contribution in [0.3, 0.4) is 0 Å². The Balaban J connectivity index is 1.46. The summed E-state index contributed by atoms with van der Waals surface area (Å²) in [5, 5.41) is 7.32. The van der Waals surface area contributed by atoms with Crippen LogP contribution in [0.25, 0.3) is 0 Å². The third kappa shape index (κ3) is 3.68. The second-order valence-electron chi connectivity index (χ2n) is 5.23. The van der Waals surface area contributed by atoms with Crippen molar-refractivity contribution >= 4 is 5.71 Å². The van der Waals surface area contributed by atoms with Crippen LogP contribution in [0.2, 0.25) is 0 Å². The highest BCUT2D eigenvalue weighted by Crippen LogP contribution is 2.16. The van der Waals surface area contributed by atoms with Crippen LogP contribution < -0.4 is 5.32 Å². The van der Waals surface area contributed by atoms with Crippen molar-refractivity contribution in [3.05, 3.63) is 71.3 Å². The molecule has 0 spiro atoms. The maximum absolute atomic E-state index is 12.9. The van der Waals surface area contributed by atoms with Gasteiger partial charge in [-0.3, -0.25) is 0 Å². The van der Waals surface area contributed by atoms with Gasteiger partial charge in [-0.1, -0.05) is 29.4 Å². The van der Waals surface area contributed by atoms with E-state index in [1.54, 1.807) is 24.3 Å². The first-order valence-corrected chi connectivity index (χ1v) is 7.14. The van der Waals surface area contributed by atoms with Crippen molar-refractivity contribution in [3.63, 3.8) is 0 Å². The first-order chi connectivity index (χ1) is 10.7. The van der Waals surface area contributed by atoms with Crippen LogP contribution >= 0.6 is 0 Å². The molecule has 5 heteroatoms. The topological polar surface area (TPSA) is 33.6 Å². The van der Waals surface area contributed by atoms with Gasteiger partial charge in [-0.2, -0.15) is 0 Å². The van der Waals surface area contributed by atoms with Crippen molar-refractivity contribution in [1.82, 2.24) is 5.32 Å². The molecule has 2 aromatic carbocycles. The van der Waals surface area contributed by atoms with Crippen LogP contribution in [0.15, 0.2) is 53.7 Å². The number of hydrogen-bond acceptors (Lipinski definition) is 3. The first-order valence-electron chi connectivity index (χ1n) is 7.14. The van der Waals surface area contributed by atoms with E-state index in [1.165, 1.54) is 24.3 Å². The average Bonchev–Trinajstić information content (AvgIpc) is 2.99. The van der Waals surface area contributed by atoms with Crippen LogP contribution in [0.4, 0.5) is 8.78 Å². The van der Waals surface area contributed by atoms with Crippen LogP contribution in [-0.2, 0) is 11.4 Å². The standard InChI is InChI=1S/C17H16F2N2O/c18-14-5-1-12(2-6-14)10-20-11-16-9-17(21-22-16)13-3-7-15(19)8-4-13/h1-8,16,20H,9-11H2. The molecule has 114 valence electrons. The number of hydrogen-bond donors (Lipinski definition) is 1. The smallest absolute Gasteiger partial charge is 0.145 e.